The molecule has 8 heterocycles. The summed E-state index contributed by atoms with van der Waals surface area (Å²) in [7, 11) is 9.31. The zero-order valence-electron chi connectivity index (χ0n) is 30.8. The largest absolute Gasteiger partial charge is 0.369 e. The van der Waals surface area contributed by atoms with Gasteiger partial charge in [-0.15, -0.1) is 0 Å². The van der Waals surface area contributed by atoms with Gasteiger partial charge in [-0.3, -0.25) is 19.6 Å². The molecule has 0 aliphatic carbocycles. The van der Waals surface area contributed by atoms with Gasteiger partial charge in [-0.05, 0) is 99.4 Å². The van der Waals surface area contributed by atoms with Gasteiger partial charge in [-0.1, -0.05) is 72.8 Å². The molecule has 0 bridgehead atoms. The molecule has 8 aliphatic rings. The van der Waals surface area contributed by atoms with E-state index < -0.39 is 0 Å². The Morgan fingerprint density at radius 1 is 0.404 bits per heavy atom. The summed E-state index contributed by atoms with van der Waals surface area (Å²) in [6.45, 7) is 4.34. The van der Waals surface area contributed by atoms with Crippen molar-refractivity contribution in [1.82, 2.24) is 19.6 Å². The van der Waals surface area contributed by atoms with Gasteiger partial charge < -0.3 is 21.3 Å². The molecule has 4 N–H and O–H groups in total. The summed E-state index contributed by atoms with van der Waals surface area (Å²) < 4.78 is 0. The van der Waals surface area contributed by atoms with Gasteiger partial charge in [-0.25, -0.2) is 0 Å². The van der Waals surface area contributed by atoms with Gasteiger partial charge in [0.25, 0.3) is 0 Å². The van der Waals surface area contributed by atoms with Gasteiger partial charge in [-0.2, -0.15) is 0 Å². The van der Waals surface area contributed by atoms with Gasteiger partial charge in [0.05, 0.1) is 35.5 Å². The fraction of sp³-hybridized carbons (Fsp3) is 0.455. The molecule has 0 radical (unpaired) electrons. The standard InChI is InChI=1S/C44H50N8/c1-49-23-19-41(27-11-5-7-17-33(27)45-37(41)49)29-13-9-14-30-35(29)47-38-42(30,20-24-50(38)2)31-15-10-16-32-36(31)48-40-44(32,22-26-52(40)4)43-21-25-51(3)39(43)46-34-18-8-6-12-28(34)43/h5-18,37-40,45-48H,19-26H2,1-4H3/t37-,38+,39+,40-,41-,42+,43-,44+/m1/s1. The minimum Gasteiger partial charge on any atom is -0.369 e. The van der Waals surface area contributed by atoms with Crippen LogP contribution in [-0.4, -0.2) is 98.6 Å². The number of rotatable bonds is 3. The smallest absolute Gasteiger partial charge is 0.0933 e. The highest BCUT2D eigenvalue weighted by atomic mass is 15.4. The third-order valence-electron chi connectivity index (χ3n) is 15.9. The van der Waals surface area contributed by atoms with Crippen LogP contribution in [0, 0.1) is 0 Å². The maximum atomic E-state index is 4.36. The molecule has 8 heteroatoms. The molecule has 52 heavy (non-hydrogen) atoms. The van der Waals surface area contributed by atoms with E-state index in [0.29, 0.717) is 0 Å². The molecule has 4 saturated heterocycles. The van der Waals surface area contributed by atoms with Gasteiger partial charge in [0.1, 0.15) is 0 Å². The molecule has 0 unspecified atom stereocenters. The Hall–Kier alpha value is -4.08. The van der Waals surface area contributed by atoms with Crippen LogP contribution in [0.2, 0.25) is 0 Å². The summed E-state index contributed by atoms with van der Waals surface area (Å²) in [5, 5.41) is 16.7. The van der Waals surface area contributed by atoms with Crippen molar-refractivity contribution in [3.05, 3.63) is 118 Å². The van der Waals surface area contributed by atoms with E-state index in [1.165, 1.54) is 56.1 Å². The second kappa shape index (κ2) is 9.91. The Labute approximate surface area is 307 Å². The van der Waals surface area contributed by atoms with E-state index >= 15 is 0 Å². The van der Waals surface area contributed by atoms with Crippen molar-refractivity contribution in [2.45, 2.75) is 72.0 Å². The van der Waals surface area contributed by atoms with E-state index in [-0.39, 0.29) is 46.3 Å². The van der Waals surface area contributed by atoms with Gasteiger partial charge in [0, 0.05) is 59.8 Å². The lowest BCUT2D eigenvalue weighted by molar-refractivity contribution is 0.147. The lowest BCUT2D eigenvalue weighted by Crippen LogP contribution is -2.60. The molecule has 12 rings (SSSR count). The summed E-state index contributed by atoms with van der Waals surface area (Å²) in [6, 6.07) is 33.0. The number of hydrogen-bond donors (Lipinski definition) is 4. The first kappa shape index (κ1) is 30.4. The molecule has 4 aromatic carbocycles. The Morgan fingerprint density at radius 2 is 0.788 bits per heavy atom. The highest BCUT2D eigenvalue weighted by Crippen LogP contribution is 2.68. The van der Waals surface area contributed by atoms with Crippen molar-refractivity contribution in [3.8, 4) is 0 Å². The first-order valence-corrected chi connectivity index (χ1v) is 19.7. The third kappa shape index (κ3) is 3.17. The summed E-state index contributed by atoms with van der Waals surface area (Å²) >= 11 is 0. The van der Waals surface area contributed by atoms with Crippen molar-refractivity contribution in [2.24, 2.45) is 0 Å². The lowest BCUT2D eigenvalue weighted by atomic mass is 9.54. The number of benzene rings is 4. The first-order chi connectivity index (χ1) is 25.4. The Kier molecular flexibility index (Phi) is 5.79. The van der Waals surface area contributed by atoms with E-state index in [9.17, 15) is 0 Å². The molecule has 4 fully saturated rings. The normalized spacial score (nSPS) is 38.0. The number of anilines is 4. The number of nitrogens with one attached hydrogen (secondary N) is 4. The van der Waals surface area contributed by atoms with Crippen LogP contribution in [0.4, 0.5) is 22.7 Å². The second-order valence-corrected chi connectivity index (χ2v) is 17.5. The molecule has 8 atom stereocenters. The second-order valence-electron chi connectivity index (χ2n) is 17.5. The molecular weight excluding hydrogens is 641 g/mol. The number of nitrogens with zero attached hydrogens (tertiary/aromatic N) is 4. The molecule has 0 amide bonds. The highest BCUT2D eigenvalue weighted by Gasteiger charge is 2.72. The van der Waals surface area contributed by atoms with E-state index in [1.54, 1.807) is 0 Å². The number of likely N-dealkylation sites (N-methyl/N-ethyl adjacent to an activating group) is 4. The van der Waals surface area contributed by atoms with Crippen LogP contribution in [0.15, 0.2) is 84.9 Å². The van der Waals surface area contributed by atoms with Crippen LogP contribution < -0.4 is 21.3 Å². The van der Waals surface area contributed by atoms with Gasteiger partial charge in [0.15, 0.2) is 0 Å². The summed E-state index contributed by atoms with van der Waals surface area (Å²) in [4.78, 5) is 10.3. The van der Waals surface area contributed by atoms with Gasteiger partial charge in [0.2, 0.25) is 0 Å². The zero-order chi connectivity index (χ0) is 34.8. The van der Waals surface area contributed by atoms with Crippen molar-refractivity contribution in [1.29, 1.82) is 0 Å². The predicted molar refractivity (Wildman–Crippen MR) is 209 cm³/mol. The summed E-state index contributed by atoms with van der Waals surface area (Å²) in [5.41, 5.74) is 13.9. The molecular formula is C44H50N8. The molecule has 266 valence electrons. The van der Waals surface area contributed by atoms with E-state index in [1.807, 2.05) is 0 Å². The van der Waals surface area contributed by atoms with Crippen LogP contribution in [0.1, 0.15) is 59.1 Å². The minimum absolute atomic E-state index is 0.0290. The van der Waals surface area contributed by atoms with Crippen molar-refractivity contribution >= 4 is 22.7 Å². The zero-order valence-corrected chi connectivity index (χ0v) is 30.8. The fourth-order valence-corrected chi connectivity index (χ4v) is 13.8. The van der Waals surface area contributed by atoms with Crippen molar-refractivity contribution in [2.75, 3.05) is 75.6 Å². The van der Waals surface area contributed by atoms with Crippen LogP contribution in [0.5, 0.6) is 0 Å². The maximum Gasteiger partial charge on any atom is 0.0933 e. The monoisotopic (exact) mass is 690 g/mol. The average molecular weight is 691 g/mol. The van der Waals surface area contributed by atoms with E-state index in [4.69, 9.17) is 0 Å². The molecule has 0 aromatic heterocycles. The van der Waals surface area contributed by atoms with Crippen molar-refractivity contribution < 1.29 is 0 Å². The SMILES string of the molecule is CN1CC[C@]2(c3cccc4c3N[C@H]3N(C)CC[C@@]43c3cccc4c3N[C@@H]3N(C)CC[C@]43[C@@]34CCN(C)[C@@H]3Nc3ccccc34)c3ccccc3N[C@H]12. The van der Waals surface area contributed by atoms with Crippen LogP contribution in [-0.2, 0) is 21.7 Å². The van der Waals surface area contributed by atoms with E-state index in [0.717, 1.165) is 51.9 Å². The number of fused-ring (bicyclic) bond motifs is 13. The average Bonchev–Trinajstić information content (AvgIpc) is 4.03. The third-order valence-corrected chi connectivity index (χ3v) is 15.9. The highest BCUT2D eigenvalue weighted by molar-refractivity contribution is 5.81. The van der Waals surface area contributed by atoms with Crippen LogP contribution in [0.25, 0.3) is 0 Å². The molecule has 0 spiro atoms. The fourth-order valence-electron chi connectivity index (χ4n) is 13.8. The maximum absolute atomic E-state index is 4.36. The minimum atomic E-state index is -0.172. The Bertz CT molecular complexity index is 2180. The quantitative estimate of drug-likeness (QED) is 0.216. The van der Waals surface area contributed by atoms with Gasteiger partial charge >= 0.3 is 0 Å². The number of hydrogen-bond acceptors (Lipinski definition) is 8. The Balaban J connectivity index is 1.08. The number of likely N-dealkylation sites (tertiary alicyclic amines) is 4. The molecule has 8 aliphatic heterocycles. The number of para-hydroxylation sites is 4. The van der Waals surface area contributed by atoms with Crippen LogP contribution >= 0.6 is 0 Å². The van der Waals surface area contributed by atoms with Crippen LogP contribution in [0.3, 0.4) is 0 Å². The summed E-state index contributed by atoms with van der Waals surface area (Å²) in [5.74, 6) is 0. The lowest BCUT2D eigenvalue weighted by Gasteiger charge is -2.48. The van der Waals surface area contributed by atoms with E-state index in [2.05, 4.69) is 154 Å². The first-order valence-electron chi connectivity index (χ1n) is 19.7. The summed E-state index contributed by atoms with van der Waals surface area (Å²) in [6.07, 6.45) is 5.43. The molecule has 8 nitrogen and oxygen atoms in total. The Morgan fingerprint density at radius 3 is 1.44 bits per heavy atom. The van der Waals surface area contributed by atoms with Crippen molar-refractivity contribution in [3.63, 3.8) is 0 Å². The predicted octanol–water partition coefficient (Wildman–Crippen LogP) is 5.78. The topological polar surface area (TPSA) is 61.1 Å². The molecule has 4 aromatic rings. The molecule has 0 saturated carbocycles.